The molecule has 5 nitrogen and oxygen atoms in total. The van der Waals surface area contributed by atoms with Crippen molar-refractivity contribution in [3.63, 3.8) is 0 Å². The topological polar surface area (TPSA) is 59.8 Å². The first-order chi connectivity index (χ1) is 10.2. The van der Waals surface area contributed by atoms with Gasteiger partial charge in [-0.3, -0.25) is 9.48 Å². The molecule has 0 aliphatic carbocycles. The zero-order chi connectivity index (χ0) is 16.5. The van der Waals surface area contributed by atoms with Crippen LogP contribution in [0.5, 0.6) is 0 Å². The molecular weight excluding hydrogens is 317 g/mol. The molecule has 2 rings (SSSR count). The van der Waals surface area contributed by atoms with Crippen LogP contribution in [-0.4, -0.2) is 20.7 Å². The average Bonchev–Trinajstić information content (AvgIpc) is 3.03. The van der Waals surface area contributed by atoms with Gasteiger partial charge in [-0.15, -0.1) is 11.3 Å². The fourth-order valence-corrected chi connectivity index (χ4v) is 2.78. The number of halogens is 3. The fraction of sp³-hybridized carbons (Fsp3) is 0.462. The number of aryl methyl sites for hydroxylation is 2. The molecule has 1 amide bonds. The quantitative estimate of drug-likeness (QED) is 0.936. The van der Waals surface area contributed by atoms with Gasteiger partial charge in [0, 0.05) is 18.1 Å². The number of carbonyl (C=O) groups excluding carboxylic acids is 1. The maximum Gasteiger partial charge on any atom is 0.434 e. The molecule has 1 N–H and O–H groups in total. The van der Waals surface area contributed by atoms with E-state index in [0.29, 0.717) is 6.42 Å². The van der Waals surface area contributed by atoms with E-state index in [2.05, 4.69) is 15.4 Å². The van der Waals surface area contributed by atoms with Crippen LogP contribution < -0.4 is 5.32 Å². The first-order valence-electron chi connectivity index (χ1n) is 6.56. The summed E-state index contributed by atoms with van der Waals surface area (Å²) in [7, 11) is 1.71. The lowest BCUT2D eigenvalue weighted by atomic mass is 10.2. The van der Waals surface area contributed by atoms with Crippen molar-refractivity contribution in [2.45, 2.75) is 32.5 Å². The number of hydrogen-bond donors (Lipinski definition) is 1. The Kier molecular flexibility index (Phi) is 4.55. The van der Waals surface area contributed by atoms with Crippen molar-refractivity contribution < 1.29 is 18.0 Å². The summed E-state index contributed by atoms with van der Waals surface area (Å²) < 4.78 is 39.3. The number of nitrogens with zero attached hydrogens (tertiary/aromatic N) is 3. The van der Waals surface area contributed by atoms with Crippen LogP contribution in [0.4, 0.5) is 13.2 Å². The lowest BCUT2D eigenvalue weighted by Crippen LogP contribution is -2.28. The molecule has 1 unspecified atom stereocenters. The molecule has 0 aromatic carbocycles. The molecule has 1 atom stereocenters. The van der Waals surface area contributed by atoms with Crippen molar-refractivity contribution in [3.05, 3.63) is 33.5 Å². The number of rotatable bonds is 4. The van der Waals surface area contributed by atoms with Gasteiger partial charge in [0.2, 0.25) is 0 Å². The van der Waals surface area contributed by atoms with Crippen molar-refractivity contribution in [1.82, 2.24) is 20.1 Å². The molecule has 0 radical (unpaired) electrons. The number of aromatic nitrogens is 3. The molecule has 120 valence electrons. The van der Waals surface area contributed by atoms with E-state index in [9.17, 15) is 18.0 Å². The summed E-state index contributed by atoms with van der Waals surface area (Å²) in [5.41, 5.74) is 0.103. The van der Waals surface area contributed by atoms with Gasteiger partial charge in [0.25, 0.3) is 5.91 Å². The van der Waals surface area contributed by atoms with E-state index >= 15 is 0 Å². The lowest BCUT2D eigenvalue weighted by molar-refractivity contribution is -0.140. The highest BCUT2D eigenvalue weighted by atomic mass is 32.1. The van der Waals surface area contributed by atoms with Crippen LogP contribution in [0.1, 0.15) is 46.3 Å². The van der Waals surface area contributed by atoms with Crippen LogP contribution in [0.15, 0.2) is 11.4 Å². The van der Waals surface area contributed by atoms with Crippen LogP contribution in [0.3, 0.4) is 0 Å². The van der Waals surface area contributed by atoms with Crippen LogP contribution in [-0.2, 0) is 13.2 Å². The zero-order valence-electron chi connectivity index (χ0n) is 12.2. The summed E-state index contributed by atoms with van der Waals surface area (Å²) >= 11 is 0.883. The molecule has 0 aliphatic heterocycles. The minimum atomic E-state index is -4.48. The molecule has 0 bridgehead atoms. The standard InChI is InChI=1S/C13H15F3N4OS/c1-4-8(12-18-10(6-22-12)13(14,15)16)17-11(21)9-5-7(2)20(3)19-9/h5-6,8H,4H2,1-3H3,(H,17,21). The third kappa shape index (κ3) is 3.46. The first-order valence-corrected chi connectivity index (χ1v) is 7.44. The maximum absolute atomic E-state index is 12.6. The van der Waals surface area contributed by atoms with Gasteiger partial charge >= 0.3 is 6.18 Å². The summed E-state index contributed by atoms with van der Waals surface area (Å²) in [6, 6.07) is 1.04. The molecule has 0 spiro atoms. The molecule has 2 heterocycles. The SMILES string of the molecule is CCC(NC(=O)c1cc(C)n(C)n1)c1nc(C(F)(F)F)cs1. The second-order valence-corrected chi connectivity index (χ2v) is 5.69. The highest BCUT2D eigenvalue weighted by Gasteiger charge is 2.34. The third-order valence-corrected chi connectivity index (χ3v) is 4.13. The van der Waals surface area contributed by atoms with Crippen molar-refractivity contribution in [1.29, 1.82) is 0 Å². The van der Waals surface area contributed by atoms with E-state index in [0.717, 1.165) is 22.4 Å². The molecule has 0 fully saturated rings. The van der Waals surface area contributed by atoms with E-state index in [1.165, 1.54) is 0 Å². The van der Waals surface area contributed by atoms with Gasteiger partial charge in [0.15, 0.2) is 5.69 Å². The first kappa shape index (κ1) is 16.5. The number of amides is 1. The van der Waals surface area contributed by atoms with Crippen molar-refractivity contribution in [2.24, 2.45) is 7.05 Å². The Bertz CT molecular complexity index is 658. The fourth-order valence-electron chi connectivity index (χ4n) is 1.82. The molecule has 0 aliphatic rings. The molecule has 22 heavy (non-hydrogen) atoms. The Morgan fingerprint density at radius 1 is 1.50 bits per heavy atom. The number of carbonyl (C=O) groups is 1. The van der Waals surface area contributed by atoms with Crippen molar-refractivity contribution in [2.75, 3.05) is 0 Å². The minimum absolute atomic E-state index is 0.228. The van der Waals surface area contributed by atoms with E-state index in [-0.39, 0.29) is 10.7 Å². The monoisotopic (exact) mass is 332 g/mol. The maximum atomic E-state index is 12.6. The van der Waals surface area contributed by atoms with Crippen LogP contribution in [0.2, 0.25) is 0 Å². The third-order valence-electron chi connectivity index (χ3n) is 3.17. The predicted molar refractivity (Wildman–Crippen MR) is 75.6 cm³/mol. The van der Waals surface area contributed by atoms with E-state index in [4.69, 9.17) is 0 Å². The Labute approximate surface area is 129 Å². The Hall–Kier alpha value is -1.90. The molecule has 2 aromatic rings. The summed E-state index contributed by atoms with van der Waals surface area (Å²) in [5, 5.41) is 7.90. The number of nitrogens with one attached hydrogen (secondary N) is 1. The highest BCUT2D eigenvalue weighted by Crippen LogP contribution is 2.32. The van der Waals surface area contributed by atoms with Crippen LogP contribution >= 0.6 is 11.3 Å². The Balaban J connectivity index is 2.15. The Morgan fingerprint density at radius 3 is 2.64 bits per heavy atom. The zero-order valence-corrected chi connectivity index (χ0v) is 13.0. The van der Waals surface area contributed by atoms with Gasteiger partial charge in [-0.05, 0) is 19.4 Å². The minimum Gasteiger partial charge on any atom is -0.341 e. The summed E-state index contributed by atoms with van der Waals surface area (Å²) in [6.45, 7) is 3.57. The molecule has 9 heteroatoms. The number of thiazole rings is 1. The van der Waals surface area contributed by atoms with Gasteiger partial charge < -0.3 is 5.32 Å². The highest BCUT2D eigenvalue weighted by molar-refractivity contribution is 7.09. The van der Waals surface area contributed by atoms with Gasteiger partial charge in [-0.2, -0.15) is 18.3 Å². The van der Waals surface area contributed by atoms with Gasteiger partial charge in [0.1, 0.15) is 10.7 Å². The predicted octanol–water partition coefficient (Wildman–Crippen LogP) is 3.08. The second kappa shape index (κ2) is 6.07. The van der Waals surface area contributed by atoms with Gasteiger partial charge in [-0.1, -0.05) is 6.92 Å². The average molecular weight is 332 g/mol. The molecule has 2 aromatic heterocycles. The number of hydrogen-bond acceptors (Lipinski definition) is 4. The summed E-state index contributed by atoms with van der Waals surface area (Å²) in [6.07, 6.45) is -4.04. The van der Waals surface area contributed by atoms with Gasteiger partial charge in [-0.25, -0.2) is 4.98 Å². The van der Waals surface area contributed by atoms with Gasteiger partial charge in [0.05, 0.1) is 6.04 Å². The number of alkyl halides is 3. The van der Waals surface area contributed by atoms with E-state index in [1.807, 2.05) is 0 Å². The van der Waals surface area contributed by atoms with Crippen LogP contribution in [0.25, 0.3) is 0 Å². The normalized spacial score (nSPS) is 13.2. The molecule has 0 saturated heterocycles. The lowest BCUT2D eigenvalue weighted by Gasteiger charge is -2.13. The second-order valence-electron chi connectivity index (χ2n) is 4.80. The van der Waals surface area contributed by atoms with Crippen molar-refractivity contribution >= 4 is 17.2 Å². The molecular formula is C13H15F3N4OS. The Morgan fingerprint density at radius 2 is 2.18 bits per heavy atom. The van der Waals surface area contributed by atoms with Crippen LogP contribution in [0, 0.1) is 6.92 Å². The summed E-state index contributed by atoms with van der Waals surface area (Å²) in [4.78, 5) is 15.7. The summed E-state index contributed by atoms with van der Waals surface area (Å²) in [5.74, 6) is -0.431. The molecule has 0 saturated carbocycles. The van der Waals surface area contributed by atoms with E-state index < -0.39 is 23.8 Å². The van der Waals surface area contributed by atoms with Crippen molar-refractivity contribution in [3.8, 4) is 0 Å². The van der Waals surface area contributed by atoms with E-state index in [1.54, 1.807) is 31.6 Å². The largest absolute Gasteiger partial charge is 0.434 e. The smallest absolute Gasteiger partial charge is 0.341 e.